The Morgan fingerprint density at radius 1 is 1.75 bits per heavy atom. The average molecular weight is 133 g/mol. The summed E-state index contributed by atoms with van der Waals surface area (Å²) in [6.07, 6.45) is 0. The quantitative estimate of drug-likeness (QED) is 0.509. The molecular formula is CClN5O. The molecule has 0 saturated heterocycles. The average Bonchev–Trinajstić information content (AvgIpc) is 2.14. The molecule has 0 aliphatic heterocycles. The molecule has 42 valence electrons. The van der Waals surface area contributed by atoms with Crippen LogP contribution in [-0.2, 0) is 0 Å². The summed E-state index contributed by atoms with van der Waals surface area (Å²) in [4.78, 5) is 9.59. The minimum atomic E-state index is -0.244. The highest BCUT2D eigenvalue weighted by atomic mass is 35.5. The zero-order valence-electron chi connectivity index (χ0n) is 3.52. The van der Waals surface area contributed by atoms with Gasteiger partial charge in [-0.25, -0.2) is 0 Å². The van der Waals surface area contributed by atoms with Crippen LogP contribution in [0.1, 0.15) is 0 Å². The molecule has 0 N–H and O–H groups in total. The van der Waals surface area contributed by atoms with Crippen molar-refractivity contribution in [2.45, 2.75) is 0 Å². The van der Waals surface area contributed by atoms with Crippen LogP contribution < -0.4 is 0 Å². The van der Waals surface area contributed by atoms with Gasteiger partial charge in [-0.05, 0) is 10.4 Å². The molecule has 0 aromatic carbocycles. The second-order valence-electron chi connectivity index (χ2n) is 0.930. The molecule has 0 aliphatic rings. The Morgan fingerprint density at radius 2 is 2.50 bits per heavy atom. The van der Waals surface area contributed by atoms with E-state index in [1.54, 1.807) is 0 Å². The molecule has 0 amide bonds. The zero-order chi connectivity index (χ0) is 5.98. The van der Waals surface area contributed by atoms with E-state index in [1.165, 1.54) is 0 Å². The van der Waals surface area contributed by atoms with Gasteiger partial charge in [0.25, 0.3) is 0 Å². The predicted molar refractivity (Wildman–Crippen MR) is 24.5 cm³/mol. The molecule has 1 aromatic heterocycles. The lowest BCUT2D eigenvalue weighted by atomic mass is 11.1. The van der Waals surface area contributed by atoms with Gasteiger partial charge >= 0.3 is 5.95 Å². The molecule has 0 atom stereocenters. The standard InChI is InChI=1S/CClN5O/c2-7-1(4-8)3-5-6-7. The highest BCUT2D eigenvalue weighted by Gasteiger charge is 1.99. The maximum absolute atomic E-state index is 9.59. The smallest absolute Gasteiger partial charge is 0.141 e. The van der Waals surface area contributed by atoms with Crippen LogP contribution in [-0.4, -0.2) is 19.7 Å². The molecule has 1 heterocycles. The number of halogens is 1. The van der Waals surface area contributed by atoms with Gasteiger partial charge in [0, 0.05) is 17.0 Å². The van der Waals surface area contributed by atoms with E-state index in [2.05, 4.69) is 20.7 Å². The number of nitroso groups, excluding NO2 is 1. The van der Waals surface area contributed by atoms with Crippen molar-refractivity contribution >= 4 is 17.7 Å². The predicted octanol–water partition coefficient (Wildman–Crippen LogP) is 0.0729. The van der Waals surface area contributed by atoms with Crippen LogP contribution in [0.4, 0.5) is 5.95 Å². The van der Waals surface area contributed by atoms with Crippen molar-refractivity contribution in [3.05, 3.63) is 4.91 Å². The monoisotopic (exact) mass is 133 g/mol. The van der Waals surface area contributed by atoms with Crippen LogP contribution in [0.5, 0.6) is 0 Å². The van der Waals surface area contributed by atoms with Crippen molar-refractivity contribution in [2.24, 2.45) is 5.18 Å². The summed E-state index contributed by atoms with van der Waals surface area (Å²) in [5.41, 5.74) is 0. The molecule has 0 radical (unpaired) electrons. The molecule has 6 nitrogen and oxygen atoms in total. The third-order valence-electron chi connectivity index (χ3n) is 0.499. The fourth-order valence-corrected chi connectivity index (χ4v) is 0.319. The Hall–Kier alpha value is -1.04. The summed E-state index contributed by atoms with van der Waals surface area (Å²) < 4.78 is 0.660. The SMILES string of the molecule is O=Nc1nnnn1Cl. The molecule has 0 saturated carbocycles. The van der Waals surface area contributed by atoms with Gasteiger partial charge in [0.15, 0.2) is 0 Å². The topological polar surface area (TPSA) is 73.0 Å². The maximum atomic E-state index is 9.59. The molecular weight excluding hydrogens is 133 g/mol. The number of rotatable bonds is 1. The second-order valence-corrected chi connectivity index (χ2v) is 1.25. The van der Waals surface area contributed by atoms with E-state index < -0.39 is 0 Å². The number of hydrogen-bond acceptors (Lipinski definition) is 5. The van der Waals surface area contributed by atoms with Gasteiger partial charge in [-0.15, -0.1) is 9.11 Å². The van der Waals surface area contributed by atoms with Crippen LogP contribution in [0.2, 0.25) is 0 Å². The molecule has 0 bridgehead atoms. The van der Waals surface area contributed by atoms with E-state index in [9.17, 15) is 4.91 Å². The van der Waals surface area contributed by atoms with Crippen molar-refractivity contribution in [1.29, 1.82) is 0 Å². The number of hydrogen-bond donors (Lipinski definition) is 0. The third-order valence-corrected chi connectivity index (χ3v) is 0.718. The van der Waals surface area contributed by atoms with Gasteiger partial charge in [-0.3, -0.25) is 0 Å². The normalized spacial score (nSPS) is 9.12. The fourth-order valence-electron chi connectivity index (χ4n) is 0.224. The molecule has 1 aromatic rings. The lowest BCUT2D eigenvalue weighted by molar-refractivity contribution is 0.846. The van der Waals surface area contributed by atoms with Crippen LogP contribution in [0.25, 0.3) is 0 Å². The Balaban J connectivity index is 3.09. The Labute approximate surface area is 48.5 Å². The Morgan fingerprint density at radius 3 is 2.75 bits per heavy atom. The van der Waals surface area contributed by atoms with Gasteiger partial charge in [0.05, 0.1) is 0 Å². The van der Waals surface area contributed by atoms with Crippen LogP contribution in [0, 0.1) is 4.91 Å². The summed E-state index contributed by atoms with van der Waals surface area (Å²) in [5.74, 6) is -0.244. The van der Waals surface area contributed by atoms with E-state index in [4.69, 9.17) is 11.8 Å². The number of tetrazole rings is 1. The summed E-state index contributed by atoms with van der Waals surface area (Å²) in [5, 5.41) is 11.6. The van der Waals surface area contributed by atoms with E-state index in [-0.39, 0.29) is 5.95 Å². The van der Waals surface area contributed by atoms with Crippen LogP contribution >= 0.6 is 11.8 Å². The van der Waals surface area contributed by atoms with Gasteiger partial charge in [0.1, 0.15) is 0 Å². The number of nitrogens with zero attached hydrogens (tertiary/aromatic N) is 5. The molecule has 0 fully saturated rings. The van der Waals surface area contributed by atoms with Crippen LogP contribution in [0.3, 0.4) is 0 Å². The minimum Gasteiger partial charge on any atom is -0.141 e. The lowest BCUT2D eigenvalue weighted by Crippen LogP contribution is -1.79. The van der Waals surface area contributed by atoms with Gasteiger partial charge in [-0.2, -0.15) is 0 Å². The first-order chi connectivity index (χ1) is 3.84. The molecule has 0 spiro atoms. The zero-order valence-corrected chi connectivity index (χ0v) is 4.28. The maximum Gasteiger partial charge on any atom is 0.325 e. The molecule has 0 aliphatic carbocycles. The van der Waals surface area contributed by atoms with Crippen molar-refractivity contribution in [1.82, 2.24) is 19.7 Å². The minimum absolute atomic E-state index is 0.244. The number of aromatic nitrogens is 4. The second kappa shape index (κ2) is 1.83. The first-order valence-corrected chi connectivity index (χ1v) is 1.96. The summed E-state index contributed by atoms with van der Waals surface area (Å²) in [6.45, 7) is 0. The summed E-state index contributed by atoms with van der Waals surface area (Å²) in [7, 11) is 0. The van der Waals surface area contributed by atoms with Crippen molar-refractivity contribution in [3.63, 3.8) is 0 Å². The molecule has 7 heteroatoms. The summed E-state index contributed by atoms with van der Waals surface area (Å²) >= 11 is 5.13. The lowest BCUT2D eigenvalue weighted by Gasteiger charge is -1.74. The first kappa shape index (κ1) is 5.10. The van der Waals surface area contributed by atoms with Crippen molar-refractivity contribution in [3.8, 4) is 0 Å². The highest BCUT2D eigenvalue weighted by molar-refractivity contribution is 6.15. The molecule has 0 unspecified atom stereocenters. The van der Waals surface area contributed by atoms with E-state index in [0.29, 0.717) is 4.20 Å². The third kappa shape index (κ3) is 0.648. The van der Waals surface area contributed by atoms with E-state index in [1.807, 2.05) is 0 Å². The Kier molecular flexibility index (Phi) is 1.17. The van der Waals surface area contributed by atoms with Crippen molar-refractivity contribution < 1.29 is 0 Å². The molecule has 1 rings (SSSR count). The van der Waals surface area contributed by atoms with E-state index in [0.717, 1.165) is 0 Å². The van der Waals surface area contributed by atoms with Crippen LogP contribution in [0.15, 0.2) is 5.18 Å². The Bertz CT molecular complexity index is 194. The molecule has 8 heavy (non-hydrogen) atoms. The summed E-state index contributed by atoms with van der Waals surface area (Å²) in [6, 6.07) is 0. The van der Waals surface area contributed by atoms with Crippen molar-refractivity contribution in [2.75, 3.05) is 0 Å². The van der Waals surface area contributed by atoms with Gasteiger partial charge < -0.3 is 0 Å². The van der Waals surface area contributed by atoms with E-state index >= 15 is 0 Å². The van der Waals surface area contributed by atoms with Gasteiger partial charge in [0.2, 0.25) is 0 Å². The highest BCUT2D eigenvalue weighted by Crippen LogP contribution is 2.02. The fraction of sp³-hybridized carbons (Fsp3) is 0. The first-order valence-electron chi connectivity index (χ1n) is 1.62. The van der Waals surface area contributed by atoms with Gasteiger partial charge in [-0.1, -0.05) is 5.10 Å². The largest absolute Gasteiger partial charge is 0.325 e.